The van der Waals surface area contributed by atoms with Gasteiger partial charge in [0.2, 0.25) is 0 Å². The first kappa shape index (κ1) is 9.44. The molecule has 0 aliphatic carbocycles. The molecule has 2 fully saturated rings. The normalized spacial score (nSPS) is 43.2. The smallest absolute Gasteiger partial charge is 0.0993 e. The van der Waals surface area contributed by atoms with Crippen LogP contribution in [0.2, 0.25) is 0 Å². The van der Waals surface area contributed by atoms with E-state index in [4.69, 9.17) is 14.6 Å². The Labute approximate surface area is 79.0 Å². The molecule has 1 spiro atoms. The Hall–Kier alpha value is -0.120. The molecule has 1 N–H and O–H groups in total. The van der Waals surface area contributed by atoms with Crippen LogP contribution in [0.25, 0.3) is 0 Å². The monoisotopic (exact) mass is 186 g/mol. The Morgan fingerprint density at radius 3 is 2.62 bits per heavy atom. The van der Waals surface area contributed by atoms with Crippen LogP contribution in [0.5, 0.6) is 0 Å². The Bertz CT molecular complexity index is 202. The molecule has 13 heavy (non-hydrogen) atoms. The van der Waals surface area contributed by atoms with Gasteiger partial charge >= 0.3 is 0 Å². The SMILES string of the molecule is CC1(C)OCC[C@]12CC[C@@H](CO)O2. The van der Waals surface area contributed by atoms with Crippen molar-refractivity contribution in [1.29, 1.82) is 0 Å². The van der Waals surface area contributed by atoms with Gasteiger partial charge in [0.05, 0.1) is 30.5 Å². The highest BCUT2D eigenvalue weighted by Crippen LogP contribution is 2.47. The van der Waals surface area contributed by atoms with Gasteiger partial charge in [-0.3, -0.25) is 0 Å². The van der Waals surface area contributed by atoms with Crippen molar-refractivity contribution in [2.75, 3.05) is 13.2 Å². The van der Waals surface area contributed by atoms with E-state index in [1.54, 1.807) is 0 Å². The van der Waals surface area contributed by atoms with E-state index in [2.05, 4.69) is 13.8 Å². The van der Waals surface area contributed by atoms with E-state index in [9.17, 15) is 0 Å². The number of hydrogen-bond acceptors (Lipinski definition) is 3. The fraction of sp³-hybridized carbons (Fsp3) is 1.00. The molecule has 76 valence electrons. The van der Waals surface area contributed by atoms with Crippen molar-refractivity contribution in [3.63, 3.8) is 0 Å². The van der Waals surface area contributed by atoms with Crippen molar-refractivity contribution in [2.24, 2.45) is 0 Å². The molecule has 0 unspecified atom stereocenters. The molecule has 3 nitrogen and oxygen atoms in total. The lowest BCUT2D eigenvalue weighted by molar-refractivity contribution is -0.136. The molecule has 0 amide bonds. The minimum absolute atomic E-state index is 0.0287. The van der Waals surface area contributed by atoms with Crippen LogP contribution in [0.4, 0.5) is 0 Å². The summed E-state index contributed by atoms with van der Waals surface area (Å²) in [6.07, 6.45) is 2.98. The molecule has 0 aromatic rings. The van der Waals surface area contributed by atoms with Crippen LogP contribution >= 0.6 is 0 Å². The van der Waals surface area contributed by atoms with Gasteiger partial charge in [0, 0.05) is 6.42 Å². The number of hydrogen-bond donors (Lipinski definition) is 1. The molecule has 2 atom stereocenters. The van der Waals surface area contributed by atoms with Crippen LogP contribution in [0.3, 0.4) is 0 Å². The molecule has 2 aliphatic rings. The fourth-order valence-corrected chi connectivity index (χ4v) is 2.49. The average Bonchev–Trinajstić information content (AvgIpc) is 2.60. The maximum absolute atomic E-state index is 9.01. The highest BCUT2D eigenvalue weighted by Gasteiger charge is 2.55. The van der Waals surface area contributed by atoms with E-state index < -0.39 is 0 Å². The summed E-state index contributed by atoms with van der Waals surface area (Å²) in [5.74, 6) is 0. The van der Waals surface area contributed by atoms with Crippen molar-refractivity contribution in [1.82, 2.24) is 0 Å². The third-order valence-corrected chi connectivity index (χ3v) is 3.53. The van der Waals surface area contributed by atoms with Crippen molar-refractivity contribution < 1.29 is 14.6 Å². The van der Waals surface area contributed by atoms with Gasteiger partial charge in [-0.15, -0.1) is 0 Å². The first-order chi connectivity index (χ1) is 6.10. The third kappa shape index (κ3) is 1.30. The van der Waals surface area contributed by atoms with Crippen LogP contribution in [-0.4, -0.2) is 35.6 Å². The average molecular weight is 186 g/mol. The van der Waals surface area contributed by atoms with Gasteiger partial charge in [0.15, 0.2) is 0 Å². The minimum atomic E-state index is -0.184. The highest BCUT2D eigenvalue weighted by molar-refractivity contribution is 5.04. The number of aliphatic hydroxyl groups excluding tert-OH is 1. The molecule has 2 heterocycles. The van der Waals surface area contributed by atoms with E-state index in [-0.39, 0.29) is 23.9 Å². The zero-order chi connectivity index (χ0) is 9.53. The lowest BCUT2D eigenvalue weighted by Crippen LogP contribution is -2.46. The van der Waals surface area contributed by atoms with E-state index in [0.29, 0.717) is 0 Å². The largest absolute Gasteiger partial charge is 0.394 e. The molecule has 0 aromatic heterocycles. The second kappa shape index (κ2) is 2.94. The zero-order valence-electron chi connectivity index (χ0n) is 8.38. The predicted molar refractivity (Wildman–Crippen MR) is 48.6 cm³/mol. The lowest BCUT2D eigenvalue weighted by atomic mass is 9.83. The summed E-state index contributed by atoms with van der Waals surface area (Å²) in [6.45, 7) is 5.09. The van der Waals surface area contributed by atoms with Crippen molar-refractivity contribution in [2.45, 2.75) is 50.4 Å². The standard InChI is InChI=1S/C10H18O3/c1-9(2)10(5-6-12-9)4-3-8(7-11)13-10/h8,11H,3-7H2,1-2H3/t8-,10+/m0/s1. The molecule has 0 radical (unpaired) electrons. The summed E-state index contributed by atoms with van der Waals surface area (Å²) in [5.41, 5.74) is -0.308. The summed E-state index contributed by atoms with van der Waals surface area (Å²) in [4.78, 5) is 0. The predicted octanol–water partition coefficient (Wildman–Crippen LogP) is 1.10. The van der Waals surface area contributed by atoms with Gasteiger partial charge in [-0.2, -0.15) is 0 Å². The van der Waals surface area contributed by atoms with E-state index in [0.717, 1.165) is 25.9 Å². The summed E-state index contributed by atoms with van der Waals surface area (Å²) < 4.78 is 11.6. The molecule has 0 bridgehead atoms. The second-order valence-electron chi connectivity index (χ2n) is 4.56. The number of ether oxygens (including phenoxy) is 2. The van der Waals surface area contributed by atoms with Gasteiger partial charge < -0.3 is 14.6 Å². The van der Waals surface area contributed by atoms with Gasteiger partial charge in [-0.05, 0) is 26.7 Å². The van der Waals surface area contributed by atoms with Crippen LogP contribution in [0, 0.1) is 0 Å². The first-order valence-corrected chi connectivity index (χ1v) is 5.02. The van der Waals surface area contributed by atoms with Crippen molar-refractivity contribution in [3.8, 4) is 0 Å². The summed E-state index contributed by atoms with van der Waals surface area (Å²) >= 11 is 0. The van der Waals surface area contributed by atoms with Gasteiger partial charge in [-0.25, -0.2) is 0 Å². The Kier molecular flexibility index (Phi) is 2.13. The molecule has 0 aromatic carbocycles. The molecule has 0 saturated carbocycles. The number of rotatable bonds is 1. The first-order valence-electron chi connectivity index (χ1n) is 5.02. The maximum atomic E-state index is 9.01. The molecular weight excluding hydrogens is 168 g/mol. The van der Waals surface area contributed by atoms with Crippen molar-refractivity contribution >= 4 is 0 Å². The minimum Gasteiger partial charge on any atom is -0.394 e. The van der Waals surface area contributed by atoms with E-state index >= 15 is 0 Å². The van der Waals surface area contributed by atoms with Crippen LogP contribution in [-0.2, 0) is 9.47 Å². The van der Waals surface area contributed by atoms with Gasteiger partial charge in [0.25, 0.3) is 0 Å². The zero-order valence-corrected chi connectivity index (χ0v) is 8.38. The van der Waals surface area contributed by atoms with Crippen molar-refractivity contribution in [3.05, 3.63) is 0 Å². The summed E-state index contributed by atoms with van der Waals surface area (Å²) in [6, 6.07) is 0. The summed E-state index contributed by atoms with van der Waals surface area (Å²) in [5, 5.41) is 9.01. The van der Waals surface area contributed by atoms with Crippen LogP contribution in [0.1, 0.15) is 33.1 Å². The summed E-state index contributed by atoms with van der Waals surface area (Å²) in [7, 11) is 0. The van der Waals surface area contributed by atoms with E-state index in [1.807, 2.05) is 0 Å². The van der Waals surface area contributed by atoms with Crippen LogP contribution < -0.4 is 0 Å². The lowest BCUT2D eigenvalue weighted by Gasteiger charge is -2.36. The number of aliphatic hydroxyl groups is 1. The van der Waals surface area contributed by atoms with Gasteiger partial charge in [0.1, 0.15) is 0 Å². The van der Waals surface area contributed by atoms with Gasteiger partial charge in [-0.1, -0.05) is 0 Å². The Morgan fingerprint density at radius 1 is 1.38 bits per heavy atom. The third-order valence-electron chi connectivity index (χ3n) is 3.53. The topological polar surface area (TPSA) is 38.7 Å². The Morgan fingerprint density at radius 2 is 2.15 bits per heavy atom. The molecule has 3 heteroatoms. The quantitative estimate of drug-likeness (QED) is 0.666. The molecular formula is C10H18O3. The Balaban J connectivity index is 2.13. The highest BCUT2D eigenvalue weighted by atomic mass is 16.6. The van der Waals surface area contributed by atoms with E-state index in [1.165, 1.54) is 0 Å². The fourth-order valence-electron chi connectivity index (χ4n) is 2.49. The second-order valence-corrected chi connectivity index (χ2v) is 4.56. The maximum Gasteiger partial charge on any atom is 0.0993 e. The van der Waals surface area contributed by atoms with Crippen LogP contribution in [0.15, 0.2) is 0 Å². The molecule has 2 saturated heterocycles. The molecule has 2 rings (SSSR count). The molecule has 2 aliphatic heterocycles.